The van der Waals surface area contributed by atoms with Crippen LogP contribution in [0.3, 0.4) is 0 Å². The Hall–Kier alpha value is -1.30. The van der Waals surface area contributed by atoms with E-state index in [4.69, 9.17) is 9.84 Å². The number of amides is 2. The largest absolute Gasteiger partial charge is 0.479 e. The molecule has 1 saturated carbocycles. The monoisotopic (exact) mass is 270 g/mol. The molecule has 4 atom stereocenters. The van der Waals surface area contributed by atoms with Crippen molar-refractivity contribution in [3.05, 3.63) is 0 Å². The van der Waals surface area contributed by atoms with Gasteiger partial charge in [-0.05, 0) is 24.7 Å². The molecule has 0 aromatic rings. The Labute approximate surface area is 113 Å². The van der Waals surface area contributed by atoms with Crippen molar-refractivity contribution in [2.75, 3.05) is 19.7 Å². The standard InChI is InChI=1S/C13H22N2O4/c1-8-3-4-10(9(8)2)14-13(18)15-5-6-19-11(7-15)12(16)17/h8-11H,3-7H2,1-2H3,(H,14,18)(H,16,17). The van der Waals surface area contributed by atoms with Gasteiger partial charge >= 0.3 is 12.0 Å². The summed E-state index contributed by atoms with van der Waals surface area (Å²) in [4.78, 5) is 24.6. The summed E-state index contributed by atoms with van der Waals surface area (Å²) in [7, 11) is 0. The molecule has 0 aromatic heterocycles. The van der Waals surface area contributed by atoms with Crippen molar-refractivity contribution in [1.82, 2.24) is 10.2 Å². The van der Waals surface area contributed by atoms with Crippen molar-refractivity contribution in [2.45, 2.75) is 38.8 Å². The van der Waals surface area contributed by atoms with Gasteiger partial charge in [0.25, 0.3) is 0 Å². The number of carbonyl (C=O) groups excluding carboxylic acids is 1. The van der Waals surface area contributed by atoms with Gasteiger partial charge in [-0.1, -0.05) is 13.8 Å². The van der Waals surface area contributed by atoms with Crippen LogP contribution in [0, 0.1) is 11.8 Å². The zero-order valence-corrected chi connectivity index (χ0v) is 11.5. The molecule has 2 rings (SSSR count). The van der Waals surface area contributed by atoms with Gasteiger partial charge in [0.2, 0.25) is 0 Å². The van der Waals surface area contributed by atoms with E-state index < -0.39 is 12.1 Å². The molecule has 6 nitrogen and oxygen atoms in total. The average Bonchev–Trinajstić information content (AvgIpc) is 2.71. The first-order valence-corrected chi connectivity index (χ1v) is 6.89. The van der Waals surface area contributed by atoms with Crippen molar-refractivity contribution in [3.63, 3.8) is 0 Å². The van der Waals surface area contributed by atoms with Gasteiger partial charge in [-0.2, -0.15) is 0 Å². The topological polar surface area (TPSA) is 78.9 Å². The molecule has 0 spiro atoms. The predicted octanol–water partition coefficient (Wildman–Crippen LogP) is 0.916. The van der Waals surface area contributed by atoms with Crippen molar-refractivity contribution >= 4 is 12.0 Å². The molecule has 0 bridgehead atoms. The SMILES string of the molecule is CC1CCC(NC(=O)N2CCOC(C(=O)O)C2)C1C. The molecule has 6 heteroatoms. The molecular weight excluding hydrogens is 248 g/mol. The number of carbonyl (C=O) groups is 2. The van der Waals surface area contributed by atoms with Gasteiger partial charge in [-0.3, -0.25) is 0 Å². The van der Waals surface area contributed by atoms with Crippen molar-refractivity contribution in [3.8, 4) is 0 Å². The van der Waals surface area contributed by atoms with E-state index in [2.05, 4.69) is 19.2 Å². The summed E-state index contributed by atoms with van der Waals surface area (Å²) in [6, 6.07) is 0.0362. The zero-order valence-electron chi connectivity index (χ0n) is 11.5. The Morgan fingerprint density at radius 1 is 1.32 bits per heavy atom. The summed E-state index contributed by atoms with van der Waals surface area (Å²) in [5.74, 6) is 0.0855. The third-order valence-electron chi connectivity index (χ3n) is 4.40. The molecular formula is C13H22N2O4. The Morgan fingerprint density at radius 2 is 2.05 bits per heavy atom. The van der Waals surface area contributed by atoms with E-state index in [9.17, 15) is 9.59 Å². The van der Waals surface area contributed by atoms with E-state index in [-0.39, 0.29) is 25.2 Å². The van der Waals surface area contributed by atoms with Crippen LogP contribution in [-0.2, 0) is 9.53 Å². The maximum Gasteiger partial charge on any atom is 0.334 e. The first kappa shape index (κ1) is 14.1. The lowest BCUT2D eigenvalue weighted by atomic mass is 9.98. The average molecular weight is 270 g/mol. The van der Waals surface area contributed by atoms with Crippen LogP contribution in [-0.4, -0.2) is 53.8 Å². The summed E-state index contributed by atoms with van der Waals surface area (Å²) < 4.78 is 5.11. The maximum atomic E-state index is 12.1. The number of hydrogen-bond acceptors (Lipinski definition) is 3. The number of rotatable bonds is 2. The highest BCUT2D eigenvalue weighted by molar-refractivity contribution is 5.77. The Balaban J connectivity index is 1.87. The molecule has 1 aliphatic carbocycles. The second-order valence-corrected chi connectivity index (χ2v) is 5.61. The second kappa shape index (κ2) is 5.77. The minimum Gasteiger partial charge on any atom is -0.479 e. The molecule has 2 N–H and O–H groups in total. The lowest BCUT2D eigenvalue weighted by molar-refractivity contribution is -0.154. The summed E-state index contributed by atoms with van der Waals surface area (Å²) in [6.45, 7) is 5.21. The van der Waals surface area contributed by atoms with Crippen LogP contribution in [0.2, 0.25) is 0 Å². The van der Waals surface area contributed by atoms with Crippen LogP contribution in [0.4, 0.5) is 4.79 Å². The number of urea groups is 1. The van der Waals surface area contributed by atoms with Crippen LogP contribution in [0.25, 0.3) is 0 Å². The first-order valence-electron chi connectivity index (χ1n) is 6.89. The smallest absolute Gasteiger partial charge is 0.334 e. The van der Waals surface area contributed by atoms with Gasteiger partial charge < -0.3 is 20.1 Å². The predicted molar refractivity (Wildman–Crippen MR) is 68.8 cm³/mol. The van der Waals surface area contributed by atoms with Gasteiger partial charge in [0, 0.05) is 12.6 Å². The van der Waals surface area contributed by atoms with E-state index >= 15 is 0 Å². The maximum absolute atomic E-state index is 12.1. The van der Waals surface area contributed by atoms with Crippen LogP contribution in [0.5, 0.6) is 0 Å². The lowest BCUT2D eigenvalue weighted by Crippen LogP contribution is -2.53. The number of carboxylic acid groups (broad SMARTS) is 1. The fraction of sp³-hybridized carbons (Fsp3) is 0.846. The number of nitrogens with one attached hydrogen (secondary N) is 1. The molecule has 1 saturated heterocycles. The molecule has 2 aliphatic rings. The quantitative estimate of drug-likeness (QED) is 0.782. The van der Waals surface area contributed by atoms with Gasteiger partial charge in [0.15, 0.2) is 6.10 Å². The molecule has 1 heterocycles. The number of nitrogens with zero attached hydrogens (tertiary/aromatic N) is 1. The van der Waals surface area contributed by atoms with Crippen molar-refractivity contribution in [2.24, 2.45) is 11.8 Å². The number of morpholine rings is 1. The van der Waals surface area contributed by atoms with Gasteiger partial charge in [-0.25, -0.2) is 9.59 Å². The summed E-state index contributed by atoms with van der Waals surface area (Å²) in [6.07, 6.45) is 1.23. The number of hydrogen-bond donors (Lipinski definition) is 2. The Bertz CT molecular complexity index is 361. The summed E-state index contributed by atoms with van der Waals surface area (Å²) >= 11 is 0. The van der Waals surface area contributed by atoms with Crippen molar-refractivity contribution in [1.29, 1.82) is 0 Å². The van der Waals surface area contributed by atoms with Crippen LogP contribution in [0.15, 0.2) is 0 Å². The van der Waals surface area contributed by atoms with E-state index in [1.54, 1.807) is 0 Å². The molecule has 0 radical (unpaired) electrons. The number of carboxylic acids is 1. The molecule has 2 amide bonds. The Morgan fingerprint density at radius 3 is 2.63 bits per heavy atom. The molecule has 2 fully saturated rings. The van der Waals surface area contributed by atoms with E-state index in [0.29, 0.717) is 18.4 Å². The molecule has 0 aromatic carbocycles. The highest BCUT2D eigenvalue weighted by Gasteiger charge is 2.34. The first-order chi connectivity index (χ1) is 8.99. The van der Waals surface area contributed by atoms with Crippen molar-refractivity contribution < 1.29 is 19.4 Å². The van der Waals surface area contributed by atoms with Gasteiger partial charge in [-0.15, -0.1) is 0 Å². The van der Waals surface area contributed by atoms with Crippen LogP contribution >= 0.6 is 0 Å². The fourth-order valence-corrected chi connectivity index (χ4v) is 2.80. The van der Waals surface area contributed by atoms with E-state index in [1.807, 2.05) is 0 Å². The van der Waals surface area contributed by atoms with Gasteiger partial charge in [0.05, 0.1) is 13.2 Å². The zero-order chi connectivity index (χ0) is 14.0. The van der Waals surface area contributed by atoms with E-state index in [1.165, 1.54) is 4.90 Å². The normalized spacial score (nSPS) is 35.2. The lowest BCUT2D eigenvalue weighted by Gasteiger charge is -2.32. The van der Waals surface area contributed by atoms with Crippen LogP contribution in [0.1, 0.15) is 26.7 Å². The number of ether oxygens (including phenoxy) is 1. The second-order valence-electron chi connectivity index (χ2n) is 5.61. The Kier molecular flexibility index (Phi) is 4.29. The highest BCUT2D eigenvalue weighted by Crippen LogP contribution is 2.31. The molecule has 1 aliphatic heterocycles. The minimum atomic E-state index is -1.01. The number of aliphatic carboxylic acids is 1. The highest BCUT2D eigenvalue weighted by atomic mass is 16.5. The fourth-order valence-electron chi connectivity index (χ4n) is 2.80. The molecule has 19 heavy (non-hydrogen) atoms. The van der Waals surface area contributed by atoms with E-state index in [0.717, 1.165) is 12.8 Å². The summed E-state index contributed by atoms with van der Waals surface area (Å²) in [5.41, 5.74) is 0. The third-order valence-corrected chi connectivity index (χ3v) is 4.40. The molecule has 4 unspecified atom stereocenters. The van der Waals surface area contributed by atoms with Crippen LogP contribution < -0.4 is 5.32 Å². The summed E-state index contributed by atoms with van der Waals surface area (Å²) in [5, 5.41) is 11.9. The molecule has 108 valence electrons. The third kappa shape index (κ3) is 3.18. The van der Waals surface area contributed by atoms with Gasteiger partial charge in [0.1, 0.15) is 0 Å². The minimum absolute atomic E-state index is 0.123.